The van der Waals surface area contributed by atoms with Crippen LogP contribution in [-0.4, -0.2) is 48.9 Å². The molecule has 3 amide bonds. The summed E-state index contributed by atoms with van der Waals surface area (Å²) < 4.78 is 5.31. The van der Waals surface area contributed by atoms with Gasteiger partial charge in [-0.25, -0.2) is 0 Å². The predicted molar refractivity (Wildman–Crippen MR) is 145 cm³/mol. The molecule has 0 radical (unpaired) electrons. The number of nitrogens with one attached hydrogen (secondary N) is 1. The Hall–Kier alpha value is -4.13. The zero-order valence-corrected chi connectivity index (χ0v) is 21.6. The van der Waals surface area contributed by atoms with E-state index in [0.29, 0.717) is 50.1 Å². The number of nitrogens with two attached hydrogens (primary N) is 1. The standard InChI is InChI=1S/C31H33N3O4/c1-38-27-14-8-6-12-25(27)28(35)33-22-16-19-34(20-17-22)29(36)24-15-18-31(30(32)37,21-9-3-2-4-10-21)26-13-7-5-11-23(24)26/h2-14,22,24H,15-20H2,1H3,(H2,32,37)(H,33,35)/t24-,31-/m1/s1. The van der Waals surface area contributed by atoms with E-state index in [1.165, 1.54) is 0 Å². The first kappa shape index (κ1) is 25.5. The highest BCUT2D eigenvalue weighted by Gasteiger charge is 2.47. The summed E-state index contributed by atoms with van der Waals surface area (Å²) in [6.45, 7) is 1.13. The van der Waals surface area contributed by atoms with Crippen molar-refractivity contribution in [2.45, 2.75) is 43.1 Å². The molecule has 0 aromatic heterocycles. The topological polar surface area (TPSA) is 102 Å². The minimum atomic E-state index is -0.954. The molecule has 7 heteroatoms. The van der Waals surface area contributed by atoms with E-state index in [4.69, 9.17) is 10.5 Å². The molecule has 1 aliphatic heterocycles. The molecule has 38 heavy (non-hydrogen) atoms. The van der Waals surface area contributed by atoms with E-state index >= 15 is 0 Å². The second kappa shape index (κ2) is 10.7. The van der Waals surface area contributed by atoms with Gasteiger partial charge in [0.25, 0.3) is 5.91 Å². The lowest BCUT2D eigenvalue weighted by Gasteiger charge is -2.42. The van der Waals surface area contributed by atoms with Crippen molar-refractivity contribution in [3.8, 4) is 5.75 Å². The van der Waals surface area contributed by atoms with Crippen molar-refractivity contribution in [1.29, 1.82) is 0 Å². The highest BCUT2D eigenvalue weighted by Crippen LogP contribution is 2.47. The maximum absolute atomic E-state index is 13.8. The van der Waals surface area contributed by atoms with Crippen molar-refractivity contribution in [2.24, 2.45) is 5.73 Å². The van der Waals surface area contributed by atoms with Crippen LogP contribution in [0.3, 0.4) is 0 Å². The van der Waals surface area contributed by atoms with Gasteiger partial charge in [0.2, 0.25) is 11.8 Å². The Kier molecular flexibility index (Phi) is 7.18. The predicted octanol–water partition coefficient (Wildman–Crippen LogP) is 3.77. The molecule has 1 saturated heterocycles. The van der Waals surface area contributed by atoms with E-state index in [9.17, 15) is 14.4 Å². The van der Waals surface area contributed by atoms with Crippen LogP contribution in [-0.2, 0) is 15.0 Å². The molecule has 7 nitrogen and oxygen atoms in total. The van der Waals surface area contributed by atoms with Crippen LogP contribution in [0.1, 0.15) is 58.6 Å². The number of rotatable bonds is 6. The second-order valence-corrected chi connectivity index (χ2v) is 10.1. The Morgan fingerprint density at radius 1 is 0.895 bits per heavy atom. The van der Waals surface area contributed by atoms with Crippen LogP contribution in [0.2, 0.25) is 0 Å². The minimum absolute atomic E-state index is 0.0179. The molecular weight excluding hydrogens is 478 g/mol. The summed E-state index contributed by atoms with van der Waals surface area (Å²) in [5.41, 5.74) is 8.15. The third-order valence-electron chi connectivity index (χ3n) is 8.08. The molecule has 196 valence electrons. The maximum atomic E-state index is 13.8. The molecule has 0 unspecified atom stereocenters. The number of carbonyl (C=O) groups excluding carboxylic acids is 3. The fraction of sp³-hybridized carbons (Fsp3) is 0.323. The fourth-order valence-corrected chi connectivity index (χ4v) is 6.08. The van der Waals surface area contributed by atoms with E-state index in [0.717, 1.165) is 16.7 Å². The number of nitrogens with zero attached hydrogens (tertiary/aromatic N) is 1. The van der Waals surface area contributed by atoms with Crippen molar-refractivity contribution in [3.63, 3.8) is 0 Å². The molecule has 3 aromatic rings. The lowest BCUT2D eigenvalue weighted by molar-refractivity contribution is -0.135. The van der Waals surface area contributed by atoms with Gasteiger partial charge >= 0.3 is 0 Å². The third-order valence-corrected chi connectivity index (χ3v) is 8.08. The lowest BCUT2D eigenvalue weighted by Crippen LogP contribution is -2.50. The Morgan fingerprint density at radius 3 is 2.26 bits per heavy atom. The minimum Gasteiger partial charge on any atom is -0.496 e. The first-order chi connectivity index (χ1) is 18.5. The number of carbonyl (C=O) groups is 3. The molecule has 3 aromatic carbocycles. The first-order valence-corrected chi connectivity index (χ1v) is 13.1. The number of hydrogen-bond acceptors (Lipinski definition) is 4. The quantitative estimate of drug-likeness (QED) is 0.526. The van der Waals surface area contributed by atoms with Crippen LogP contribution in [0.4, 0.5) is 0 Å². The van der Waals surface area contributed by atoms with Gasteiger partial charge in [-0.1, -0.05) is 66.7 Å². The monoisotopic (exact) mass is 511 g/mol. The van der Waals surface area contributed by atoms with Crippen molar-refractivity contribution < 1.29 is 19.1 Å². The highest BCUT2D eigenvalue weighted by atomic mass is 16.5. The van der Waals surface area contributed by atoms with E-state index in [1.54, 1.807) is 19.2 Å². The molecule has 0 bridgehead atoms. The number of hydrogen-bond donors (Lipinski definition) is 2. The largest absolute Gasteiger partial charge is 0.496 e. The molecule has 2 atom stereocenters. The van der Waals surface area contributed by atoms with E-state index < -0.39 is 11.3 Å². The van der Waals surface area contributed by atoms with Crippen LogP contribution in [0.5, 0.6) is 5.75 Å². The van der Waals surface area contributed by atoms with Gasteiger partial charge in [-0.15, -0.1) is 0 Å². The highest BCUT2D eigenvalue weighted by molar-refractivity contribution is 5.97. The maximum Gasteiger partial charge on any atom is 0.255 e. The number of primary amides is 1. The number of piperidine rings is 1. The van der Waals surface area contributed by atoms with Crippen molar-refractivity contribution >= 4 is 17.7 Å². The van der Waals surface area contributed by atoms with Gasteiger partial charge in [0.15, 0.2) is 0 Å². The van der Waals surface area contributed by atoms with Gasteiger partial charge in [0, 0.05) is 19.1 Å². The molecule has 1 aliphatic carbocycles. The third kappa shape index (κ3) is 4.53. The van der Waals surface area contributed by atoms with Crippen LogP contribution in [0.15, 0.2) is 78.9 Å². The summed E-state index contributed by atoms with van der Waals surface area (Å²) in [5.74, 6) is -0.290. The van der Waals surface area contributed by atoms with Gasteiger partial charge in [-0.05, 0) is 54.5 Å². The summed E-state index contributed by atoms with van der Waals surface area (Å²) in [7, 11) is 1.55. The van der Waals surface area contributed by atoms with E-state index in [2.05, 4.69) is 5.32 Å². The molecule has 1 fully saturated rings. The Labute approximate surface area is 223 Å². The molecule has 2 aliphatic rings. The smallest absolute Gasteiger partial charge is 0.255 e. The lowest BCUT2D eigenvalue weighted by atomic mass is 9.62. The number of methoxy groups -OCH3 is 1. The summed E-state index contributed by atoms with van der Waals surface area (Å²) >= 11 is 0. The van der Waals surface area contributed by atoms with Crippen LogP contribution >= 0.6 is 0 Å². The second-order valence-electron chi connectivity index (χ2n) is 10.1. The molecule has 1 heterocycles. The fourth-order valence-electron chi connectivity index (χ4n) is 6.08. The Morgan fingerprint density at radius 2 is 1.55 bits per heavy atom. The Balaban J connectivity index is 1.30. The number of likely N-dealkylation sites (tertiary alicyclic amines) is 1. The molecule has 5 rings (SSSR count). The van der Waals surface area contributed by atoms with Gasteiger partial charge in [0.1, 0.15) is 5.75 Å². The molecular formula is C31H33N3O4. The van der Waals surface area contributed by atoms with Gasteiger partial charge in [-0.2, -0.15) is 0 Å². The summed E-state index contributed by atoms with van der Waals surface area (Å²) in [5, 5.41) is 3.10. The van der Waals surface area contributed by atoms with Crippen molar-refractivity contribution in [2.75, 3.05) is 20.2 Å². The SMILES string of the molecule is COc1ccccc1C(=O)NC1CCN(C(=O)[C@@H]2CC[C@@](C(N)=O)(c3ccccc3)c3ccccc32)CC1. The zero-order chi connectivity index (χ0) is 26.7. The van der Waals surface area contributed by atoms with E-state index in [1.807, 2.05) is 71.6 Å². The molecule has 0 spiro atoms. The summed E-state index contributed by atoms with van der Waals surface area (Å²) in [6.07, 6.45) is 2.37. The Bertz CT molecular complexity index is 1330. The number of benzene rings is 3. The van der Waals surface area contributed by atoms with Crippen LogP contribution in [0.25, 0.3) is 0 Å². The average molecular weight is 512 g/mol. The number of amides is 3. The van der Waals surface area contributed by atoms with Gasteiger partial charge in [0.05, 0.1) is 24.0 Å². The zero-order valence-electron chi connectivity index (χ0n) is 21.6. The first-order valence-electron chi connectivity index (χ1n) is 13.1. The number of para-hydroxylation sites is 1. The van der Waals surface area contributed by atoms with E-state index in [-0.39, 0.29) is 23.8 Å². The summed E-state index contributed by atoms with van der Waals surface area (Å²) in [6, 6.07) is 24.5. The van der Waals surface area contributed by atoms with Crippen LogP contribution in [0, 0.1) is 0 Å². The molecule has 0 saturated carbocycles. The van der Waals surface area contributed by atoms with Gasteiger partial charge in [-0.3, -0.25) is 14.4 Å². The normalized spacial score (nSPS) is 21.3. The van der Waals surface area contributed by atoms with Crippen molar-refractivity contribution in [1.82, 2.24) is 10.2 Å². The van der Waals surface area contributed by atoms with Crippen LogP contribution < -0.4 is 15.8 Å². The van der Waals surface area contributed by atoms with Crippen molar-refractivity contribution in [3.05, 3.63) is 101 Å². The summed E-state index contributed by atoms with van der Waals surface area (Å²) in [4.78, 5) is 41.5. The number of ether oxygens (including phenoxy) is 1. The molecule has 3 N–H and O–H groups in total. The average Bonchev–Trinajstić information content (AvgIpc) is 2.97. The number of fused-ring (bicyclic) bond motifs is 1. The van der Waals surface area contributed by atoms with Gasteiger partial charge < -0.3 is 20.7 Å².